The minimum atomic E-state index is -4.52. The lowest BCUT2D eigenvalue weighted by Crippen LogP contribution is -2.29. The lowest BCUT2D eigenvalue weighted by Gasteiger charge is -2.21. The first kappa shape index (κ1) is 13.3. The molecule has 0 aromatic carbocycles. The summed E-state index contributed by atoms with van der Waals surface area (Å²) in [5.74, 6) is -2.54. The van der Waals surface area contributed by atoms with Gasteiger partial charge in [-0.2, -0.15) is 13.2 Å². The van der Waals surface area contributed by atoms with E-state index in [0.29, 0.717) is 0 Å². The van der Waals surface area contributed by atoms with Crippen LogP contribution in [0, 0.1) is 5.92 Å². The third-order valence-electron chi connectivity index (χ3n) is 2.66. The Morgan fingerprint density at radius 2 is 2.05 bits per heavy atom. The fourth-order valence-electron chi connectivity index (χ4n) is 1.73. The van der Waals surface area contributed by atoms with Crippen LogP contribution in [0.1, 0.15) is 0 Å². The highest BCUT2D eigenvalue weighted by Gasteiger charge is 2.37. The van der Waals surface area contributed by atoms with Gasteiger partial charge in [0.2, 0.25) is 0 Å². The molecule has 1 unspecified atom stereocenters. The number of ether oxygens (including phenoxy) is 1. The van der Waals surface area contributed by atoms with E-state index in [2.05, 4.69) is 9.73 Å². The molecule has 0 amide bonds. The Labute approximate surface area is 106 Å². The zero-order valence-corrected chi connectivity index (χ0v) is 9.69. The molecular formula is C12H8F3NO3. The summed E-state index contributed by atoms with van der Waals surface area (Å²) in [6.45, 7) is 0. The lowest BCUT2D eigenvalue weighted by atomic mass is 9.88. The average Bonchev–Trinajstić information content (AvgIpc) is 2.36. The highest BCUT2D eigenvalue weighted by molar-refractivity contribution is 6.21. The molecule has 0 radical (unpaired) electrons. The predicted octanol–water partition coefficient (Wildman–Crippen LogP) is 1.74. The van der Waals surface area contributed by atoms with Crippen LogP contribution in [-0.2, 0) is 14.3 Å². The Hall–Kier alpha value is -2.18. The molecule has 0 bridgehead atoms. The second-order valence-corrected chi connectivity index (χ2v) is 3.89. The molecule has 0 N–H and O–H groups in total. The van der Waals surface area contributed by atoms with Gasteiger partial charge in [0, 0.05) is 6.08 Å². The van der Waals surface area contributed by atoms with Gasteiger partial charge in [-0.15, -0.1) is 0 Å². The van der Waals surface area contributed by atoms with Gasteiger partial charge in [0.25, 0.3) is 0 Å². The van der Waals surface area contributed by atoms with Gasteiger partial charge in [0.05, 0.1) is 24.3 Å². The van der Waals surface area contributed by atoms with E-state index in [1.54, 1.807) is 0 Å². The molecule has 0 saturated carbocycles. The quantitative estimate of drug-likeness (QED) is 0.682. The van der Waals surface area contributed by atoms with Gasteiger partial charge in [-0.3, -0.25) is 4.79 Å². The van der Waals surface area contributed by atoms with Crippen molar-refractivity contribution in [1.29, 1.82) is 0 Å². The summed E-state index contributed by atoms with van der Waals surface area (Å²) in [4.78, 5) is 26.8. The number of esters is 1. The fraction of sp³-hybridized carbons (Fsp3) is 0.250. The molecule has 1 atom stereocenters. The van der Waals surface area contributed by atoms with Gasteiger partial charge in [-0.1, -0.05) is 6.08 Å². The zero-order chi connectivity index (χ0) is 14.2. The van der Waals surface area contributed by atoms with Gasteiger partial charge in [0.15, 0.2) is 11.5 Å². The first-order valence-electron chi connectivity index (χ1n) is 5.22. The standard InChI is InChI=1S/C12H8F3NO3/c1-19-11(18)9-5-10(17)7-4-6(12(13,14)15)2-3-8(7)16-9/h2-5,7H,1H3. The summed E-state index contributed by atoms with van der Waals surface area (Å²) in [5, 5.41) is 0. The number of fused-ring (bicyclic) bond motifs is 1. The third kappa shape index (κ3) is 2.49. The number of aliphatic imine (C=N–C) groups is 1. The van der Waals surface area contributed by atoms with Crippen LogP contribution < -0.4 is 0 Å². The maximum atomic E-state index is 12.5. The highest BCUT2D eigenvalue weighted by atomic mass is 19.4. The van der Waals surface area contributed by atoms with Crippen molar-refractivity contribution < 1.29 is 27.5 Å². The van der Waals surface area contributed by atoms with Crippen LogP contribution >= 0.6 is 0 Å². The largest absolute Gasteiger partial charge is 0.464 e. The maximum absolute atomic E-state index is 12.5. The molecule has 1 aliphatic heterocycles. The van der Waals surface area contributed by atoms with E-state index in [1.165, 1.54) is 0 Å². The lowest BCUT2D eigenvalue weighted by molar-refractivity contribution is -0.136. The van der Waals surface area contributed by atoms with E-state index in [4.69, 9.17) is 0 Å². The minimum absolute atomic E-state index is 0.0981. The van der Waals surface area contributed by atoms with E-state index in [0.717, 1.165) is 31.4 Å². The third-order valence-corrected chi connectivity index (χ3v) is 2.66. The summed E-state index contributed by atoms with van der Waals surface area (Å²) in [5.41, 5.74) is -1.02. The van der Waals surface area contributed by atoms with Crippen molar-refractivity contribution >= 4 is 17.5 Å². The molecule has 0 aromatic heterocycles. The summed E-state index contributed by atoms with van der Waals surface area (Å²) in [6.07, 6.45) is -0.922. The summed E-state index contributed by atoms with van der Waals surface area (Å²) in [6, 6.07) is 0. The van der Waals surface area contributed by atoms with Gasteiger partial charge < -0.3 is 4.74 Å². The van der Waals surface area contributed by atoms with Crippen LogP contribution in [0.2, 0.25) is 0 Å². The molecule has 0 fully saturated rings. The van der Waals surface area contributed by atoms with Crippen molar-refractivity contribution in [3.05, 3.63) is 35.6 Å². The van der Waals surface area contributed by atoms with Crippen molar-refractivity contribution in [1.82, 2.24) is 0 Å². The summed E-state index contributed by atoms with van der Waals surface area (Å²) < 4.78 is 42.0. The Morgan fingerprint density at radius 3 is 2.63 bits per heavy atom. The normalized spacial score (nSPS) is 22.2. The molecule has 2 rings (SSSR count). The van der Waals surface area contributed by atoms with E-state index < -0.39 is 29.4 Å². The Bertz CT molecular complexity index is 567. The van der Waals surface area contributed by atoms with Gasteiger partial charge in [0.1, 0.15) is 0 Å². The van der Waals surface area contributed by atoms with Crippen LogP contribution in [-0.4, -0.2) is 30.8 Å². The molecule has 7 heteroatoms. The number of nitrogens with zero attached hydrogens (tertiary/aromatic N) is 1. The molecular weight excluding hydrogens is 263 g/mol. The van der Waals surface area contributed by atoms with Crippen LogP contribution in [0.5, 0.6) is 0 Å². The van der Waals surface area contributed by atoms with Gasteiger partial charge in [-0.05, 0) is 12.2 Å². The van der Waals surface area contributed by atoms with E-state index in [9.17, 15) is 22.8 Å². The first-order chi connectivity index (χ1) is 8.82. The molecule has 1 aliphatic carbocycles. The van der Waals surface area contributed by atoms with Crippen molar-refractivity contribution in [2.45, 2.75) is 6.18 Å². The number of halogens is 3. The molecule has 1 heterocycles. The summed E-state index contributed by atoms with van der Waals surface area (Å²) in [7, 11) is 1.12. The number of carbonyl (C=O) groups excluding carboxylic acids is 2. The molecule has 2 aliphatic rings. The monoisotopic (exact) mass is 271 g/mol. The van der Waals surface area contributed by atoms with Gasteiger partial charge >= 0.3 is 12.1 Å². The SMILES string of the molecule is COC(=O)C1=CC(=O)C2C=C(C(F)(F)F)C=CC2=N1. The molecule has 0 saturated heterocycles. The predicted molar refractivity (Wildman–Crippen MR) is 59.3 cm³/mol. The molecule has 19 heavy (non-hydrogen) atoms. The fourth-order valence-corrected chi connectivity index (χ4v) is 1.73. The van der Waals surface area contributed by atoms with Crippen molar-refractivity contribution in [2.24, 2.45) is 10.9 Å². The smallest absolute Gasteiger partial charge is 0.416 e. The number of ketones is 1. The Kier molecular flexibility index (Phi) is 3.13. The average molecular weight is 271 g/mol. The number of hydrogen-bond donors (Lipinski definition) is 0. The second kappa shape index (κ2) is 4.49. The highest BCUT2D eigenvalue weighted by Crippen LogP contribution is 2.32. The molecule has 4 nitrogen and oxygen atoms in total. The van der Waals surface area contributed by atoms with E-state index in [-0.39, 0.29) is 11.4 Å². The van der Waals surface area contributed by atoms with E-state index >= 15 is 0 Å². The number of carbonyl (C=O) groups is 2. The van der Waals surface area contributed by atoms with Crippen LogP contribution in [0.15, 0.2) is 40.6 Å². The van der Waals surface area contributed by atoms with Crippen LogP contribution in [0.3, 0.4) is 0 Å². The number of allylic oxidation sites excluding steroid dienone is 5. The molecule has 0 spiro atoms. The van der Waals surface area contributed by atoms with Crippen LogP contribution in [0.4, 0.5) is 13.2 Å². The first-order valence-corrected chi connectivity index (χ1v) is 5.22. The number of rotatable bonds is 1. The minimum Gasteiger partial charge on any atom is -0.464 e. The topological polar surface area (TPSA) is 55.7 Å². The number of alkyl halides is 3. The molecule has 100 valence electrons. The van der Waals surface area contributed by atoms with Crippen molar-refractivity contribution in [3.8, 4) is 0 Å². The summed E-state index contributed by atoms with van der Waals surface area (Å²) >= 11 is 0. The molecule has 0 aromatic rings. The Morgan fingerprint density at radius 1 is 1.37 bits per heavy atom. The number of hydrogen-bond acceptors (Lipinski definition) is 4. The Balaban J connectivity index is 2.36. The second-order valence-electron chi connectivity index (χ2n) is 3.89. The van der Waals surface area contributed by atoms with Gasteiger partial charge in [-0.25, -0.2) is 9.79 Å². The zero-order valence-electron chi connectivity index (χ0n) is 9.69. The van der Waals surface area contributed by atoms with Crippen LogP contribution in [0.25, 0.3) is 0 Å². The number of methoxy groups -OCH3 is 1. The van der Waals surface area contributed by atoms with E-state index in [1.807, 2.05) is 0 Å². The van der Waals surface area contributed by atoms with Crippen molar-refractivity contribution in [3.63, 3.8) is 0 Å². The maximum Gasteiger partial charge on any atom is 0.416 e. The van der Waals surface area contributed by atoms with Crippen molar-refractivity contribution in [2.75, 3.05) is 7.11 Å².